The molecular weight excluding hydrogens is 450 g/mol. The van der Waals surface area contributed by atoms with Crippen LogP contribution in [0.25, 0.3) is 16.9 Å². The molecule has 3 N–H and O–H groups in total. The number of nitrogens with zero attached hydrogens (tertiary/aromatic N) is 3. The van der Waals surface area contributed by atoms with Gasteiger partial charge in [0, 0.05) is 35.4 Å². The lowest BCUT2D eigenvalue weighted by molar-refractivity contribution is 0.290. The quantitative estimate of drug-likeness (QED) is 0.252. The summed E-state index contributed by atoms with van der Waals surface area (Å²) in [6.07, 6.45) is 2.49. The third kappa shape index (κ3) is 4.79. The van der Waals surface area contributed by atoms with Gasteiger partial charge in [0.1, 0.15) is 5.82 Å². The van der Waals surface area contributed by atoms with Crippen LogP contribution in [-0.4, -0.2) is 32.9 Å². The van der Waals surface area contributed by atoms with E-state index in [1.54, 1.807) is 22.7 Å². The van der Waals surface area contributed by atoms with Crippen molar-refractivity contribution in [2.75, 3.05) is 18.5 Å². The van der Waals surface area contributed by atoms with Crippen molar-refractivity contribution < 1.29 is 5.11 Å². The highest BCUT2D eigenvalue weighted by Crippen LogP contribution is 2.28. The van der Waals surface area contributed by atoms with Crippen LogP contribution in [0.2, 0.25) is 0 Å². The van der Waals surface area contributed by atoms with E-state index in [2.05, 4.69) is 43.2 Å². The number of hydrogen-bond acceptors (Lipinski definition) is 6. The van der Waals surface area contributed by atoms with Crippen LogP contribution < -0.4 is 10.0 Å². The molecule has 0 atom stereocenters. The third-order valence-electron chi connectivity index (χ3n) is 4.25. The van der Waals surface area contributed by atoms with Gasteiger partial charge in [0.2, 0.25) is 0 Å². The van der Waals surface area contributed by atoms with Gasteiger partial charge in [0.15, 0.2) is 5.65 Å². The van der Waals surface area contributed by atoms with E-state index in [1.807, 2.05) is 48.5 Å². The zero-order chi connectivity index (χ0) is 20.1. The Hall–Kier alpha value is -2.39. The Morgan fingerprint density at radius 3 is 2.62 bits per heavy atom. The van der Waals surface area contributed by atoms with Crippen LogP contribution in [0.3, 0.4) is 0 Å². The molecule has 0 saturated carbocycles. The van der Waals surface area contributed by atoms with Crippen LogP contribution in [-0.2, 0) is 0 Å². The van der Waals surface area contributed by atoms with Crippen LogP contribution in [0.5, 0.6) is 0 Å². The summed E-state index contributed by atoms with van der Waals surface area (Å²) in [4.78, 5) is 5.87. The Morgan fingerprint density at radius 2 is 1.86 bits per heavy atom. The molecule has 4 rings (SSSR count). The predicted octanol–water partition coefficient (Wildman–Crippen LogP) is 4.88. The van der Waals surface area contributed by atoms with Gasteiger partial charge < -0.3 is 10.4 Å². The molecule has 148 valence electrons. The van der Waals surface area contributed by atoms with Crippen molar-refractivity contribution in [1.29, 1.82) is 0 Å². The number of benzene rings is 2. The van der Waals surface area contributed by atoms with Crippen LogP contribution in [0.4, 0.5) is 11.5 Å². The van der Waals surface area contributed by atoms with E-state index in [9.17, 15) is 0 Å². The number of nitrogens with one attached hydrogen (secondary N) is 2. The van der Waals surface area contributed by atoms with Crippen LogP contribution in [0.15, 0.2) is 76.2 Å². The van der Waals surface area contributed by atoms with E-state index in [0.29, 0.717) is 0 Å². The monoisotopic (exact) mass is 469 g/mol. The fourth-order valence-corrected chi connectivity index (χ4v) is 3.86. The maximum Gasteiger partial charge on any atom is 0.172 e. The van der Waals surface area contributed by atoms with E-state index in [4.69, 9.17) is 10.1 Å². The molecule has 6 nitrogen and oxygen atoms in total. The first kappa shape index (κ1) is 19.9. The molecule has 0 fully saturated rings. The fourth-order valence-electron chi connectivity index (χ4n) is 2.82. The number of halogens is 1. The second kappa shape index (κ2) is 9.41. The van der Waals surface area contributed by atoms with Gasteiger partial charge in [-0.3, -0.25) is 4.72 Å². The lowest BCUT2D eigenvalue weighted by Gasteiger charge is -2.11. The number of anilines is 2. The molecule has 0 spiro atoms. The lowest BCUT2D eigenvalue weighted by atomic mass is 10.1. The molecule has 2 heterocycles. The molecule has 29 heavy (non-hydrogen) atoms. The van der Waals surface area contributed by atoms with Crippen molar-refractivity contribution >= 4 is 45.0 Å². The Kier molecular flexibility index (Phi) is 6.46. The van der Waals surface area contributed by atoms with Gasteiger partial charge in [-0.25, -0.2) is 4.98 Å². The van der Waals surface area contributed by atoms with Gasteiger partial charge in [0.25, 0.3) is 0 Å². The Bertz CT molecular complexity index is 1090. The molecule has 0 saturated heterocycles. The summed E-state index contributed by atoms with van der Waals surface area (Å²) >= 11 is 5.10. The largest absolute Gasteiger partial charge is 0.396 e. The van der Waals surface area contributed by atoms with Gasteiger partial charge >= 0.3 is 0 Å². The number of fused-ring (bicyclic) bond motifs is 1. The molecule has 8 heteroatoms. The highest BCUT2D eigenvalue weighted by molar-refractivity contribution is 9.10. The average Bonchev–Trinajstić information content (AvgIpc) is 3.14. The first-order valence-corrected chi connectivity index (χ1v) is 10.8. The normalized spacial score (nSPS) is 11.1. The number of rotatable bonds is 8. The second-order valence-corrected chi connectivity index (χ2v) is 8.16. The molecule has 0 amide bonds. The van der Waals surface area contributed by atoms with E-state index >= 15 is 0 Å². The number of aliphatic hydroxyl groups excluding tert-OH is 1. The summed E-state index contributed by atoms with van der Waals surface area (Å²) < 4.78 is 5.87. The molecule has 0 aliphatic rings. The van der Waals surface area contributed by atoms with E-state index in [1.165, 1.54) is 0 Å². The zero-order valence-corrected chi connectivity index (χ0v) is 17.9. The Labute approximate surface area is 181 Å². The summed E-state index contributed by atoms with van der Waals surface area (Å²) in [5.41, 5.74) is 3.64. The molecule has 2 aromatic heterocycles. The van der Waals surface area contributed by atoms with Crippen molar-refractivity contribution in [3.63, 3.8) is 0 Å². The summed E-state index contributed by atoms with van der Waals surface area (Å²) in [6.45, 7) is 0.970. The molecule has 0 radical (unpaired) electrons. The van der Waals surface area contributed by atoms with Gasteiger partial charge in [-0.05, 0) is 58.6 Å². The Morgan fingerprint density at radius 1 is 1.07 bits per heavy atom. The second-order valence-electron chi connectivity index (χ2n) is 6.34. The summed E-state index contributed by atoms with van der Waals surface area (Å²) in [7, 11) is 0. The SMILES string of the molecule is OCCCNSc1ccc(Nc2cc(-c3ccccc3)nc3c(Br)cnn23)cc1. The number of aliphatic hydroxyl groups is 1. The lowest BCUT2D eigenvalue weighted by Crippen LogP contribution is -2.06. The highest BCUT2D eigenvalue weighted by Gasteiger charge is 2.11. The molecule has 0 unspecified atom stereocenters. The van der Waals surface area contributed by atoms with E-state index in [-0.39, 0.29) is 6.61 Å². The maximum atomic E-state index is 8.84. The van der Waals surface area contributed by atoms with Gasteiger partial charge in [-0.2, -0.15) is 9.61 Å². The van der Waals surface area contributed by atoms with Gasteiger partial charge in [-0.1, -0.05) is 30.3 Å². The van der Waals surface area contributed by atoms with Crippen LogP contribution in [0, 0.1) is 0 Å². The van der Waals surface area contributed by atoms with Gasteiger partial charge in [0.05, 0.1) is 16.4 Å². The van der Waals surface area contributed by atoms with Crippen molar-refractivity contribution in [3.8, 4) is 11.3 Å². The predicted molar refractivity (Wildman–Crippen MR) is 121 cm³/mol. The van der Waals surface area contributed by atoms with E-state index < -0.39 is 0 Å². The van der Waals surface area contributed by atoms with Crippen molar-refractivity contribution in [1.82, 2.24) is 19.3 Å². The fraction of sp³-hybridized carbons (Fsp3) is 0.143. The maximum absolute atomic E-state index is 8.84. The minimum atomic E-state index is 0.200. The molecule has 0 aliphatic carbocycles. The molecule has 0 aliphatic heterocycles. The first-order chi connectivity index (χ1) is 14.2. The number of aromatic nitrogens is 3. The molecule has 4 aromatic rings. The van der Waals surface area contributed by atoms with Gasteiger partial charge in [-0.15, -0.1) is 0 Å². The van der Waals surface area contributed by atoms with Crippen LogP contribution in [0.1, 0.15) is 6.42 Å². The number of hydrogen-bond donors (Lipinski definition) is 3. The molecule has 0 bridgehead atoms. The van der Waals surface area contributed by atoms with E-state index in [0.717, 1.165) is 50.7 Å². The first-order valence-electron chi connectivity index (χ1n) is 9.22. The molecule has 2 aromatic carbocycles. The Balaban J connectivity index is 1.59. The topological polar surface area (TPSA) is 74.5 Å². The summed E-state index contributed by atoms with van der Waals surface area (Å²) in [5.74, 6) is 0.834. The summed E-state index contributed by atoms with van der Waals surface area (Å²) in [6, 6.07) is 20.3. The molecular formula is C21H20BrN5OS. The minimum absolute atomic E-state index is 0.200. The summed E-state index contributed by atoms with van der Waals surface area (Å²) in [5, 5.41) is 16.7. The smallest absolute Gasteiger partial charge is 0.172 e. The zero-order valence-electron chi connectivity index (χ0n) is 15.5. The third-order valence-corrected chi connectivity index (χ3v) is 5.67. The average molecular weight is 470 g/mol. The van der Waals surface area contributed by atoms with Crippen molar-refractivity contribution in [2.24, 2.45) is 0 Å². The van der Waals surface area contributed by atoms with Crippen LogP contribution >= 0.6 is 27.9 Å². The van der Waals surface area contributed by atoms with Crippen molar-refractivity contribution in [3.05, 3.63) is 71.3 Å². The standard InChI is InChI=1S/C21H20BrN5OS/c22-18-14-23-27-20(13-19(26-21(18)27)15-5-2-1-3-6-15)25-16-7-9-17(10-8-16)29-24-11-4-12-28/h1-3,5-10,13-14,24-25,28H,4,11-12H2. The van der Waals surface area contributed by atoms with Crippen molar-refractivity contribution in [2.45, 2.75) is 11.3 Å². The minimum Gasteiger partial charge on any atom is -0.396 e. The highest BCUT2D eigenvalue weighted by atomic mass is 79.9.